The Kier molecular flexibility index (Phi) is 5.14. The molecule has 0 bridgehead atoms. The number of ether oxygens (including phenoxy) is 1. The maximum absolute atomic E-state index is 12.1. The van der Waals surface area contributed by atoms with Gasteiger partial charge in [-0.15, -0.1) is 0 Å². The van der Waals surface area contributed by atoms with Crippen LogP contribution in [0.15, 0.2) is 0 Å². The molecule has 0 aromatic rings. The standard InChI is InChI=1S/C13H24N2O3/c1-9(2)8-13(3,12(14)17)15-11(16)10-4-6-18-7-5-10/h9-10H,4-8H2,1-3H3,(H2,14,17)(H,15,16). The van der Waals surface area contributed by atoms with Gasteiger partial charge >= 0.3 is 0 Å². The van der Waals surface area contributed by atoms with Gasteiger partial charge in [-0.25, -0.2) is 0 Å². The molecule has 3 N–H and O–H groups in total. The minimum absolute atomic E-state index is 0.0652. The summed E-state index contributed by atoms with van der Waals surface area (Å²) in [5, 5.41) is 2.82. The first-order valence-electron chi connectivity index (χ1n) is 6.55. The fourth-order valence-electron chi connectivity index (χ4n) is 2.36. The van der Waals surface area contributed by atoms with Crippen LogP contribution in [0.4, 0.5) is 0 Å². The molecular formula is C13H24N2O3. The van der Waals surface area contributed by atoms with Crippen LogP contribution < -0.4 is 11.1 Å². The summed E-state index contributed by atoms with van der Waals surface area (Å²) in [5.74, 6) is -0.334. The lowest BCUT2D eigenvalue weighted by molar-refractivity contribution is -0.135. The average Bonchev–Trinajstić information content (AvgIpc) is 2.28. The number of carbonyl (C=O) groups is 2. The van der Waals surface area contributed by atoms with Crippen LogP contribution in [0, 0.1) is 11.8 Å². The quantitative estimate of drug-likeness (QED) is 0.764. The predicted octanol–water partition coefficient (Wildman–Crippen LogP) is 0.819. The second kappa shape index (κ2) is 6.18. The highest BCUT2D eigenvalue weighted by Gasteiger charge is 2.35. The predicted molar refractivity (Wildman–Crippen MR) is 68.7 cm³/mol. The van der Waals surface area contributed by atoms with Gasteiger partial charge in [0.15, 0.2) is 0 Å². The Morgan fingerprint density at radius 1 is 1.39 bits per heavy atom. The van der Waals surface area contributed by atoms with Crippen molar-refractivity contribution >= 4 is 11.8 Å². The molecular weight excluding hydrogens is 232 g/mol. The molecule has 0 aromatic heterocycles. The van der Waals surface area contributed by atoms with Gasteiger partial charge in [0.1, 0.15) is 5.54 Å². The number of rotatable bonds is 5. The lowest BCUT2D eigenvalue weighted by Crippen LogP contribution is -2.57. The summed E-state index contributed by atoms with van der Waals surface area (Å²) in [5.41, 5.74) is 4.46. The molecule has 0 saturated carbocycles. The highest BCUT2D eigenvalue weighted by atomic mass is 16.5. The number of hydrogen-bond acceptors (Lipinski definition) is 3. The SMILES string of the molecule is CC(C)CC(C)(NC(=O)C1CCOCC1)C(N)=O. The van der Waals surface area contributed by atoms with Crippen LogP contribution in [0.5, 0.6) is 0 Å². The van der Waals surface area contributed by atoms with Crippen molar-refractivity contribution in [3.8, 4) is 0 Å². The van der Waals surface area contributed by atoms with E-state index in [1.54, 1.807) is 6.92 Å². The van der Waals surface area contributed by atoms with Gasteiger partial charge in [0.25, 0.3) is 0 Å². The summed E-state index contributed by atoms with van der Waals surface area (Å²) < 4.78 is 5.22. The minimum Gasteiger partial charge on any atom is -0.381 e. The number of amides is 2. The normalized spacial score (nSPS) is 20.4. The molecule has 0 aliphatic carbocycles. The van der Waals surface area contributed by atoms with Crippen molar-refractivity contribution in [2.45, 2.75) is 45.6 Å². The van der Waals surface area contributed by atoms with E-state index in [0.29, 0.717) is 32.5 Å². The van der Waals surface area contributed by atoms with Gasteiger partial charge in [-0.05, 0) is 32.1 Å². The number of nitrogens with one attached hydrogen (secondary N) is 1. The van der Waals surface area contributed by atoms with Crippen LogP contribution >= 0.6 is 0 Å². The molecule has 1 fully saturated rings. The molecule has 1 aliphatic rings. The van der Waals surface area contributed by atoms with Crippen molar-refractivity contribution in [1.29, 1.82) is 0 Å². The molecule has 1 unspecified atom stereocenters. The largest absolute Gasteiger partial charge is 0.381 e. The van der Waals surface area contributed by atoms with Crippen molar-refractivity contribution < 1.29 is 14.3 Å². The van der Waals surface area contributed by atoms with E-state index in [4.69, 9.17) is 10.5 Å². The summed E-state index contributed by atoms with van der Waals surface area (Å²) in [6, 6.07) is 0. The molecule has 1 rings (SSSR count). The van der Waals surface area contributed by atoms with Crippen molar-refractivity contribution in [2.75, 3.05) is 13.2 Å². The van der Waals surface area contributed by atoms with E-state index in [-0.39, 0.29) is 17.7 Å². The molecule has 1 heterocycles. The third kappa shape index (κ3) is 3.98. The molecule has 0 aromatic carbocycles. The van der Waals surface area contributed by atoms with Crippen molar-refractivity contribution in [2.24, 2.45) is 17.6 Å². The van der Waals surface area contributed by atoms with Gasteiger partial charge in [0.2, 0.25) is 11.8 Å². The van der Waals surface area contributed by atoms with Gasteiger partial charge in [-0.3, -0.25) is 9.59 Å². The summed E-state index contributed by atoms with van der Waals surface area (Å²) in [6.07, 6.45) is 1.97. The van der Waals surface area contributed by atoms with E-state index in [2.05, 4.69) is 5.32 Å². The van der Waals surface area contributed by atoms with E-state index in [1.807, 2.05) is 13.8 Å². The zero-order valence-corrected chi connectivity index (χ0v) is 11.5. The Morgan fingerprint density at radius 3 is 2.39 bits per heavy atom. The summed E-state index contributed by atoms with van der Waals surface area (Å²) in [7, 11) is 0. The highest BCUT2D eigenvalue weighted by Crippen LogP contribution is 2.20. The number of nitrogens with two attached hydrogens (primary N) is 1. The molecule has 1 saturated heterocycles. The van der Waals surface area contributed by atoms with Gasteiger partial charge in [-0.1, -0.05) is 13.8 Å². The van der Waals surface area contributed by atoms with Crippen LogP contribution in [0.2, 0.25) is 0 Å². The van der Waals surface area contributed by atoms with E-state index in [9.17, 15) is 9.59 Å². The maximum atomic E-state index is 12.1. The summed E-state index contributed by atoms with van der Waals surface area (Å²) in [6.45, 7) is 6.92. The van der Waals surface area contributed by atoms with Crippen LogP contribution in [-0.4, -0.2) is 30.6 Å². The molecule has 5 heteroatoms. The van der Waals surface area contributed by atoms with Gasteiger partial charge in [-0.2, -0.15) is 0 Å². The molecule has 18 heavy (non-hydrogen) atoms. The fourth-order valence-corrected chi connectivity index (χ4v) is 2.36. The Bertz CT molecular complexity index is 311. The van der Waals surface area contributed by atoms with Crippen LogP contribution in [0.3, 0.4) is 0 Å². The topological polar surface area (TPSA) is 81.4 Å². The minimum atomic E-state index is -0.955. The van der Waals surface area contributed by atoms with E-state index >= 15 is 0 Å². The summed E-state index contributed by atoms with van der Waals surface area (Å²) in [4.78, 5) is 23.7. The van der Waals surface area contributed by atoms with Crippen molar-refractivity contribution in [3.63, 3.8) is 0 Å². The Balaban J connectivity index is 2.65. The molecule has 104 valence electrons. The highest BCUT2D eigenvalue weighted by molar-refractivity contribution is 5.90. The maximum Gasteiger partial charge on any atom is 0.242 e. The smallest absolute Gasteiger partial charge is 0.242 e. The van der Waals surface area contributed by atoms with Crippen molar-refractivity contribution in [1.82, 2.24) is 5.32 Å². The molecule has 2 amide bonds. The van der Waals surface area contributed by atoms with Crippen LogP contribution in [0.25, 0.3) is 0 Å². The number of hydrogen-bond donors (Lipinski definition) is 2. The fraction of sp³-hybridized carbons (Fsp3) is 0.846. The third-order valence-corrected chi connectivity index (χ3v) is 3.35. The zero-order chi connectivity index (χ0) is 13.8. The third-order valence-electron chi connectivity index (χ3n) is 3.35. The summed E-state index contributed by atoms with van der Waals surface area (Å²) >= 11 is 0. The molecule has 1 atom stereocenters. The monoisotopic (exact) mass is 256 g/mol. The van der Waals surface area contributed by atoms with E-state index < -0.39 is 11.4 Å². The first-order valence-corrected chi connectivity index (χ1v) is 6.55. The lowest BCUT2D eigenvalue weighted by Gasteiger charge is -2.32. The number of carbonyl (C=O) groups excluding carboxylic acids is 2. The molecule has 5 nitrogen and oxygen atoms in total. The Hall–Kier alpha value is -1.10. The number of primary amides is 1. The van der Waals surface area contributed by atoms with E-state index in [1.165, 1.54) is 0 Å². The van der Waals surface area contributed by atoms with Gasteiger partial charge in [0.05, 0.1) is 0 Å². The second-order valence-electron chi connectivity index (χ2n) is 5.67. The van der Waals surface area contributed by atoms with Gasteiger partial charge in [0, 0.05) is 19.1 Å². The first-order chi connectivity index (χ1) is 8.35. The first kappa shape index (κ1) is 15.0. The van der Waals surface area contributed by atoms with Gasteiger partial charge < -0.3 is 15.8 Å². The van der Waals surface area contributed by atoms with E-state index in [0.717, 1.165) is 0 Å². The van der Waals surface area contributed by atoms with Crippen molar-refractivity contribution in [3.05, 3.63) is 0 Å². The Labute approximate surface area is 108 Å². The molecule has 0 spiro atoms. The Morgan fingerprint density at radius 2 is 1.94 bits per heavy atom. The van der Waals surface area contributed by atoms with Crippen LogP contribution in [-0.2, 0) is 14.3 Å². The average molecular weight is 256 g/mol. The lowest BCUT2D eigenvalue weighted by atomic mass is 9.88. The molecule has 1 aliphatic heterocycles. The second-order valence-corrected chi connectivity index (χ2v) is 5.67. The van der Waals surface area contributed by atoms with Crippen LogP contribution in [0.1, 0.15) is 40.0 Å². The molecule has 0 radical (unpaired) electrons. The zero-order valence-electron chi connectivity index (χ0n) is 11.5.